The first-order valence-corrected chi connectivity index (χ1v) is 6.81. The standard InChI is InChI=1S/C15H21NO3/c1-2-19-15(18)13-11-16(9-8-14(13)17)10-12-6-4-3-5-7-12/h3-7,13-14,17H,2,8-11H2,1H3/t13-,14?/m0/s1. The molecule has 1 N–H and O–H groups in total. The minimum absolute atomic E-state index is 0.284. The van der Waals surface area contributed by atoms with Gasteiger partial charge in [0.2, 0.25) is 0 Å². The maximum Gasteiger partial charge on any atom is 0.312 e. The summed E-state index contributed by atoms with van der Waals surface area (Å²) in [6, 6.07) is 10.2. The third-order valence-electron chi connectivity index (χ3n) is 3.50. The third kappa shape index (κ3) is 3.78. The Kier molecular flexibility index (Phi) is 4.93. The maximum absolute atomic E-state index is 11.8. The number of hydrogen-bond donors (Lipinski definition) is 1. The molecular weight excluding hydrogens is 242 g/mol. The highest BCUT2D eigenvalue weighted by molar-refractivity contribution is 5.73. The molecule has 1 unspecified atom stereocenters. The van der Waals surface area contributed by atoms with E-state index in [1.54, 1.807) is 6.92 Å². The van der Waals surface area contributed by atoms with E-state index in [4.69, 9.17) is 4.74 Å². The van der Waals surface area contributed by atoms with Gasteiger partial charge >= 0.3 is 5.97 Å². The minimum Gasteiger partial charge on any atom is -0.466 e. The van der Waals surface area contributed by atoms with Crippen molar-refractivity contribution in [2.45, 2.75) is 26.0 Å². The first kappa shape index (κ1) is 14.0. The molecule has 1 aromatic rings. The SMILES string of the molecule is CCOC(=O)[C@H]1CN(Cc2ccccc2)CCC1O. The van der Waals surface area contributed by atoms with E-state index < -0.39 is 12.0 Å². The molecule has 0 spiro atoms. The molecule has 0 radical (unpaired) electrons. The predicted octanol–water partition coefficient (Wildman–Crippen LogP) is 1.43. The maximum atomic E-state index is 11.8. The molecule has 2 atom stereocenters. The van der Waals surface area contributed by atoms with E-state index in [1.165, 1.54) is 5.56 Å². The molecule has 19 heavy (non-hydrogen) atoms. The normalized spacial score (nSPS) is 24.1. The molecule has 1 aromatic carbocycles. The fourth-order valence-electron chi connectivity index (χ4n) is 2.47. The summed E-state index contributed by atoms with van der Waals surface area (Å²) in [5.41, 5.74) is 1.22. The van der Waals surface area contributed by atoms with Crippen LogP contribution in [0.25, 0.3) is 0 Å². The molecule has 0 saturated carbocycles. The van der Waals surface area contributed by atoms with E-state index in [0.717, 1.165) is 13.1 Å². The van der Waals surface area contributed by atoms with Gasteiger partial charge in [-0.3, -0.25) is 9.69 Å². The van der Waals surface area contributed by atoms with Gasteiger partial charge in [-0.25, -0.2) is 0 Å². The topological polar surface area (TPSA) is 49.8 Å². The Balaban J connectivity index is 1.95. The number of esters is 1. The summed E-state index contributed by atoms with van der Waals surface area (Å²) in [7, 11) is 0. The lowest BCUT2D eigenvalue weighted by atomic mass is 9.94. The molecule has 1 aliphatic heterocycles. The van der Waals surface area contributed by atoms with E-state index in [1.807, 2.05) is 18.2 Å². The number of aliphatic hydroxyl groups is 1. The molecule has 2 rings (SSSR count). The Hall–Kier alpha value is -1.39. The molecular formula is C15H21NO3. The zero-order valence-corrected chi connectivity index (χ0v) is 11.3. The summed E-state index contributed by atoms with van der Waals surface area (Å²) in [5, 5.41) is 9.92. The van der Waals surface area contributed by atoms with Crippen molar-refractivity contribution < 1.29 is 14.6 Å². The summed E-state index contributed by atoms with van der Waals surface area (Å²) in [6.07, 6.45) is 0.0436. The zero-order valence-electron chi connectivity index (χ0n) is 11.3. The summed E-state index contributed by atoms with van der Waals surface area (Å²) < 4.78 is 5.02. The lowest BCUT2D eigenvalue weighted by Crippen LogP contribution is -2.46. The Labute approximate surface area is 114 Å². The predicted molar refractivity (Wildman–Crippen MR) is 72.5 cm³/mol. The van der Waals surface area contributed by atoms with Crippen molar-refractivity contribution in [1.82, 2.24) is 4.90 Å². The molecule has 104 valence electrons. The number of nitrogens with zero attached hydrogens (tertiary/aromatic N) is 1. The summed E-state index contributed by atoms with van der Waals surface area (Å²) in [5.74, 6) is -0.704. The van der Waals surface area contributed by atoms with Crippen LogP contribution in [0.3, 0.4) is 0 Å². The molecule has 1 heterocycles. The summed E-state index contributed by atoms with van der Waals surface area (Å²) in [4.78, 5) is 14.0. The average Bonchev–Trinajstić information content (AvgIpc) is 2.42. The molecule has 1 saturated heterocycles. The lowest BCUT2D eigenvalue weighted by molar-refractivity contribution is -0.155. The van der Waals surface area contributed by atoms with Gasteiger partial charge in [-0.2, -0.15) is 0 Å². The van der Waals surface area contributed by atoms with Gasteiger partial charge in [0.1, 0.15) is 0 Å². The van der Waals surface area contributed by atoms with Gasteiger partial charge in [0.15, 0.2) is 0 Å². The smallest absolute Gasteiger partial charge is 0.312 e. The van der Waals surface area contributed by atoms with Crippen LogP contribution < -0.4 is 0 Å². The fraction of sp³-hybridized carbons (Fsp3) is 0.533. The number of aliphatic hydroxyl groups excluding tert-OH is 1. The number of carbonyl (C=O) groups excluding carboxylic acids is 1. The van der Waals surface area contributed by atoms with Crippen LogP contribution in [0.2, 0.25) is 0 Å². The van der Waals surface area contributed by atoms with Crippen molar-refractivity contribution in [3.63, 3.8) is 0 Å². The number of rotatable bonds is 4. The molecule has 1 aliphatic rings. The van der Waals surface area contributed by atoms with Gasteiger partial charge in [-0.05, 0) is 18.9 Å². The molecule has 4 nitrogen and oxygen atoms in total. The molecule has 0 amide bonds. The van der Waals surface area contributed by atoms with Crippen LogP contribution >= 0.6 is 0 Å². The van der Waals surface area contributed by atoms with E-state index in [9.17, 15) is 9.90 Å². The molecule has 1 fully saturated rings. The number of carbonyl (C=O) groups is 1. The van der Waals surface area contributed by atoms with Gasteiger partial charge in [0.05, 0.1) is 18.6 Å². The first-order valence-electron chi connectivity index (χ1n) is 6.81. The van der Waals surface area contributed by atoms with Gasteiger partial charge in [-0.1, -0.05) is 30.3 Å². The van der Waals surface area contributed by atoms with Gasteiger partial charge < -0.3 is 9.84 Å². The van der Waals surface area contributed by atoms with Crippen molar-refractivity contribution in [2.75, 3.05) is 19.7 Å². The van der Waals surface area contributed by atoms with E-state index in [-0.39, 0.29) is 5.97 Å². The Bertz CT molecular complexity index is 407. The molecule has 0 aromatic heterocycles. The second-order valence-electron chi connectivity index (χ2n) is 4.94. The highest BCUT2D eigenvalue weighted by atomic mass is 16.5. The van der Waals surface area contributed by atoms with Crippen molar-refractivity contribution in [3.8, 4) is 0 Å². The molecule has 0 aliphatic carbocycles. The number of piperidine rings is 1. The summed E-state index contributed by atoms with van der Waals surface area (Å²) in [6.45, 7) is 4.33. The molecule has 0 bridgehead atoms. The fourth-order valence-corrected chi connectivity index (χ4v) is 2.47. The monoisotopic (exact) mass is 263 g/mol. The third-order valence-corrected chi connectivity index (χ3v) is 3.50. The largest absolute Gasteiger partial charge is 0.466 e. The van der Waals surface area contributed by atoms with Gasteiger partial charge in [0.25, 0.3) is 0 Å². The second-order valence-corrected chi connectivity index (χ2v) is 4.94. The van der Waals surface area contributed by atoms with Crippen LogP contribution in [0.15, 0.2) is 30.3 Å². The van der Waals surface area contributed by atoms with E-state index in [0.29, 0.717) is 19.6 Å². The van der Waals surface area contributed by atoms with Crippen molar-refractivity contribution in [2.24, 2.45) is 5.92 Å². The number of likely N-dealkylation sites (tertiary alicyclic amines) is 1. The van der Waals surface area contributed by atoms with Crippen molar-refractivity contribution in [1.29, 1.82) is 0 Å². The quantitative estimate of drug-likeness (QED) is 0.835. The van der Waals surface area contributed by atoms with E-state index in [2.05, 4.69) is 17.0 Å². The average molecular weight is 263 g/mol. The Morgan fingerprint density at radius 3 is 2.84 bits per heavy atom. The van der Waals surface area contributed by atoms with Crippen LogP contribution in [-0.4, -0.2) is 41.8 Å². The van der Waals surface area contributed by atoms with Crippen LogP contribution in [0.4, 0.5) is 0 Å². The number of hydrogen-bond acceptors (Lipinski definition) is 4. The van der Waals surface area contributed by atoms with Gasteiger partial charge in [0, 0.05) is 19.6 Å². The first-order chi connectivity index (χ1) is 9.20. The highest BCUT2D eigenvalue weighted by Gasteiger charge is 2.34. The van der Waals surface area contributed by atoms with Crippen LogP contribution in [0.1, 0.15) is 18.9 Å². The highest BCUT2D eigenvalue weighted by Crippen LogP contribution is 2.20. The van der Waals surface area contributed by atoms with Crippen LogP contribution in [0, 0.1) is 5.92 Å². The van der Waals surface area contributed by atoms with Crippen molar-refractivity contribution >= 4 is 5.97 Å². The molecule has 4 heteroatoms. The van der Waals surface area contributed by atoms with Gasteiger partial charge in [-0.15, -0.1) is 0 Å². The Morgan fingerprint density at radius 2 is 2.16 bits per heavy atom. The minimum atomic E-state index is -0.578. The second kappa shape index (κ2) is 6.68. The number of ether oxygens (including phenoxy) is 1. The number of benzene rings is 1. The zero-order chi connectivity index (χ0) is 13.7. The van der Waals surface area contributed by atoms with Crippen molar-refractivity contribution in [3.05, 3.63) is 35.9 Å². The van der Waals surface area contributed by atoms with Crippen LogP contribution in [0.5, 0.6) is 0 Å². The Morgan fingerprint density at radius 1 is 1.42 bits per heavy atom. The van der Waals surface area contributed by atoms with E-state index >= 15 is 0 Å². The van der Waals surface area contributed by atoms with Crippen LogP contribution in [-0.2, 0) is 16.1 Å². The lowest BCUT2D eigenvalue weighted by Gasteiger charge is -2.34. The summed E-state index contributed by atoms with van der Waals surface area (Å²) >= 11 is 0.